The number of aromatic carboxylic acids is 1. The summed E-state index contributed by atoms with van der Waals surface area (Å²) < 4.78 is 26.7. The van der Waals surface area contributed by atoms with Crippen LogP contribution >= 0.6 is 11.3 Å². The highest BCUT2D eigenvalue weighted by molar-refractivity contribution is 7.89. The molecule has 1 atom stereocenters. The van der Waals surface area contributed by atoms with Crippen LogP contribution in [0.15, 0.2) is 28.2 Å². The molecule has 0 amide bonds. The second-order valence-corrected chi connectivity index (χ2v) is 10.9. The van der Waals surface area contributed by atoms with Gasteiger partial charge in [-0.15, -0.1) is 11.3 Å². The van der Waals surface area contributed by atoms with E-state index in [-0.39, 0.29) is 34.3 Å². The first kappa shape index (κ1) is 22.0. The van der Waals surface area contributed by atoms with Gasteiger partial charge in [0.15, 0.2) is 0 Å². The van der Waals surface area contributed by atoms with E-state index in [1.54, 1.807) is 6.07 Å². The molecule has 2 aromatic rings. The Morgan fingerprint density at radius 1 is 1.43 bits per heavy atom. The summed E-state index contributed by atoms with van der Waals surface area (Å²) in [6.07, 6.45) is 2.65. The lowest BCUT2D eigenvalue weighted by Crippen LogP contribution is -2.32. The maximum Gasteiger partial charge on any atom is 0.348 e. The molecular formula is C19H22N4O5S2. The van der Waals surface area contributed by atoms with Crippen LogP contribution in [0.2, 0.25) is 0 Å². The molecule has 1 fully saturated rings. The van der Waals surface area contributed by atoms with E-state index < -0.39 is 21.7 Å². The molecule has 3 rings (SSSR count). The summed E-state index contributed by atoms with van der Waals surface area (Å²) in [6.45, 7) is 6.34. The summed E-state index contributed by atoms with van der Waals surface area (Å²) in [7, 11) is -3.80. The number of hydrogen-bond acceptors (Lipinski definition) is 7. The van der Waals surface area contributed by atoms with Gasteiger partial charge < -0.3 is 15.4 Å². The van der Waals surface area contributed by atoms with E-state index in [1.165, 1.54) is 4.31 Å². The van der Waals surface area contributed by atoms with E-state index in [0.29, 0.717) is 17.0 Å². The third-order valence-electron chi connectivity index (χ3n) is 4.28. The fourth-order valence-electron chi connectivity index (χ4n) is 2.87. The molecule has 3 N–H and O–H groups in total. The molecular weight excluding hydrogens is 428 g/mol. The van der Waals surface area contributed by atoms with Crippen molar-refractivity contribution in [3.63, 3.8) is 0 Å². The predicted octanol–water partition coefficient (Wildman–Crippen LogP) is 1.80. The number of H-pyrrole nitrogens is 1. The first-order chi connectivity index (χ1) is 14.0. The normalized spacial score (nSPS) is 17.4. The van der Waals surface area contributed by atoms with Crippen molar-refractivity contribution >= 4 is 33.0 Å². The lowest BCUT2D eigenvalue weighted by atomic mass is 9.98. The second kappa shape index (κ2) is 8.22. The van der Waals surface area contributed by atoms with Gasteiger partial charge in [-0.05, 0) is 33.3 Å². The van der Waals surface area contributed by atoms with E-state index in [4.69, 9.17) is 0 Å². The summed E-state index contributed by atoms with van der Waals surface area (Å²) in [5.74, 6) is 5.03. The van der Waals surface area contributed by atoms with Crippen LogP contribution in [0, 0.1) is 17.3 Å². The number of rotatable bonds is 5. The van der Waals surface area contributed by atoms with Crippen LogP contribution in [0.3, 0.4) is 0 Å². The van der Waals surface area contributed by atoms with Gasteiger partial charge in [-0.3, -0.25) is 0 Å². The van der Waals surface area contributed by atoms with Gasteiger partial charge in [-0.2, -0.15) is 4.31 Å². The molecule has 1 saturated heterocycles. The van der Waals surface area contributed by atoms with E-state index in [2.05, 4.69) is 27.1 Å². The SMILES string of the molecule is CC(C)(C)C#Cc1cc(N[C@H]2CCN(S(=O)(=O)c3cnc(=O)[nH]c3)C2)c(C(=O)O)s1. The van der Waals surface area contributed by atoms with E-state index in [0.717, 1.165) is 23.7 Å². The molecule has 0 aliphatic carbocycles. The van der Waals surface area contributed by atoms with Gasteiger partial charge in [0.1, 0.15) is 9.77 Å². The largest absolute Gasteiger partial charge is 0.477 e. The molecule has 1 aliphatic heterocycles. The fraction of sp³-hybridized carbons (Fsp3) is 0.421. The Morgan fingerprint density at radius 2 is 2.17 bits per heavy atom. The number of thiophene rings is 1. The van der Waals surface area contributed by atoms with E-state index in [9.17, 15) is 23.1 Å². The number of carboxylic acids is 1. The smallest absolute Gasteiger partial charge is 0.348 e. The minimum atomic E-state index is -3.80. The summed E-state index contributed by atoms with van der Waals surface area (Å²) in [6, 6.07) is 1.43. The summed E-state index contributed by atoms with van der Waals surface area (Å²) in [5, 5.41) is 12.7. The summed E-state index contributed by atoms with van der Waals surface area (Å²) in [5.41, 5.74) is -0.405. The number of sulfonamides is 1. The molecule has 30 heavy (non-hydrogen) atoms. The predicted molar refractivity (Wildman–Crippen MR) is 113 cm³/mol. The Hall–Kier alpha value is -2.68. The standard InChI is InChI=1S/C19H22N4O5S2/c1-19(2,3)6-4-13-8-15(16(29-13)17(24)25)22-12-5-7-23(11-12)30(27,28)14-9-20-18(26)21-10-14/h8-10,12,22H,5,7,11H2,1-3H3,(H,24,25)(H,20,21,26)/t12-/m0/s1. The van der Waals surface area contributed by atoms with Crippen molar-refractivity contribution in [1.82, 2.24) is 14.3 Å². The molecule has 0 bridgehead atoms. The van der Waals surface area contributed by atoms with Crippen molar-refractivity contribution in [2.45, 2.75) is 38.1 Å². The van der Waals surface area contributed by atoms with Crippen LogP contribution in [0.25, 0.3) is 0 Å². The van der Waals surface area contributed by atoms with Crippen molar-refractivity contribution in [3.8, 4) is 11.8 Å². The first-order valence-corrected chi connectivity index (χ1v) is 11.4. The maximum atomic E-state index is 12.7. The van der Waals surface area contributed by atoms with Gasteiger partial charge in [0.2, 0.25) is 10.0 Å². The third-order valence-corrected chi connectivity index (χ3v) is 7.15. The zero-order valence-corrected chi connectivity index (χ0v) is 18.4. The Labute approximate surface area is 178 Å². The molecule has 1 aliphatic rings. The Kier molecular flexibility index (Phi) is 6.03. The number of nitrogens with one attached hydrogen (secondary N) is 2. The topological polar surface area (TPSA) is 132 Å². The molecule has 2 aromatic heterocycles. The molecule has 0 radical (unpaired) electrons. The monoisotopic (exact) mass is 450 g/mol. The lowest BCUT2D eigenvalue weighted by molar-refractivity contribution is 0.0703. The third kappa shape index (κ3) is 5.08. The number of carbonyl (C=O) groups is 1. The van der Waals surface area contributed by atoms with Gasteiger partial charge in [0.25, 0.3) is 0 Å². The molecule has 9 nitrogen and oxygen atoms in total. The lowest BCUT2D eigenvalue weighted by Gasteiger charge is -2.17. The van der Waals surface area contributed by atoms with Gasteiger partial charge in [0.05, 0.1) is 16.8 Å². The van der Waals surface area contributed by atoms with E-state index in [1.807, 2.05) is 20.8 Å². The van der Waals surface area contributed by atoms with Gasteiger partial charge in [0, 0.05) is 30.7 Å². The number of nitrogens with zero attached hydrogens (tertiary/aromatic N) is 2. The second-order valence-electron chi connectivity index (χ2n) is 7.91. The molecule has 3 heterocycles. The number of carboxylic acid groups (broad SMARTS) is 1. The quantitative estimate of drug-likeness (QED) is 0.592. The number of anilines is 1. The van der Waals surface area contributed by atoms with Crippen molar-refractivity contribution in [1.29, 1.82) is 0 Å². The van der Waals surface area contributed by atoms with Crippen LogP contribution < -0.4 is 11.0 Å². The first-order valence-electron chi connectivity index (χ1n) is 9.17. The van der Waals surface area contributed by atoms with Gasteiger partial charge >= 0.3 is 11.7 Å². The zero-order chi connectivity index (χ0) is 22.1. The van der Waals surface area contributed by atoms with Crippen molar-refractivity contribution < 1.29 is 18.3 Å². The fourth-order valence-corrected chi connectivity index (χ4v) is 5.10. The molecule has 0 saturated carbocycles. The van der Waals surface area contributed by atoms with Crippen LogP contribution in [-0.4, -0.2) is 52.9 Å². The Morgan fingerprint density at radius 3 is 2.77 bits per heavy atom. The van der Waals surface area contributed by atoms with Crippen LogP contribution in [0.5, 0.6) is 0 Å². The Balaban J connectivity index is 1.77. The average molecular weight is 451 g/mol. The average Bonchev–Trinajstić information content (AvgIpc) is 3.28. The molecule has 0 unspecified atom stereocenters. The van der Waals surface area contributed by atoms with Crippen LogP contribution in [-0.2, 0) is 10.0 Å². The number of hydrogen-bond donors (Lipinski definition) is 3. The van der Waals surface area contributed by atoms with E-state index >= 15 is 0 Å². The molecule has 0 spiro atoms. The zero-order valence-electron chi connectivity index (χ0n) is 16.7. The highest BCUT2D eigenvalue weighted by Crippen LogP contribution is 2.30. The van der Waals surface area contributed by atoms with Gasteiger partial charge in [-0.1, -0.05) is 11.8 Å². The summed E-state index contributed by atoms with van der Waals surface area (Å²) >= 11 is 1.09. The van der Waals surface area contributed by atoms with Crippen LogP contribution in [0.1, 0.15) is 41.7 Å². The minimum Gasteiger partial charge on any atom is -0.477 e. The van der Waals surface area contributed by atoms with Crippen LogP contribution in [0.4, 0.5) is 5.69 Å². The number of aromatic nitrogens is 2. The molecule has 160 valence electrons. The number of aromatic amines is 1. The van der Waals surface area contributed by atoms with Gasteiger partial charge in [-0.25, -0.2) is 23.0 Å². The minimum absolute atomic E-state index is 0.0933. The maximum absolute atomic E-state index is 12.7. The molecule has 11 heteroatoms. The molecule has 0 aromatic carbocycles. The Bertz CT molecular complexity index is 1160. The highest BCUT2D eigenvalue weighted by atomic mass is 32.2. The van der Waals surface area contributed by atoms with Crippen molar-refractivity contribution in [2.24, 2.45) is 5.41 Å². The highest BCUT2D eigenvalue weighted by Gasteiger charge is 2.33. The van der Waals surface area contributed by atoms with Crippen molar-refractivity contribution in [3.05, 3.63) is 38.7 Å². The summed E-state index contributed by atoms with van der Waals surface area (Å²) in [4.78, 5) is 29.1. The van der Waals surface area contributed by atoms with Crippen molar-refractivity contribution in [2.75, 3.05) is 18.4 Å².